The zero-order valence-electron chi connectivity index (χ0n) is 16.8. The molecule has 1 atom stereocenters. The Bertz CT molecular complexity index is 1240. The number of rotatable bonds is 3. The van der Waals surface area contributed by atoms with Gasteiger partial charge < -0.3 is 24.2 Å². The largest absolute Gasteiger partial charge is 0.487 e. The van der Waals surface area contributed by atoms with Gasteiger partial charge in [0.05, 0.1) is 16.9 Å². The molecule has 1 aromatic carbocycles. The fourth-order valence-corrected chi connectivity index (χ4v) is 4.24. The molecule has 1 saturated heterocycles. The third kappa shape index (κ3) is 3.06. The molecule has 0 spiro atoms. The Balaban J connectivity index is 1.58. The van der Waals surface area contributed by atoms with Crippen LogP contribution in [0.2, 0.25) is 0 Å². The molecule has 9 nitrogen and oxygen atoms in total. The molecular weight excluding hydrogens is 405 g/mol. The topological polar surface area (TPSA) is 101 Å². The summed E-state index contributed by atoms with van der Waals surface area (Å²) in [5.74, 6) is -1.03. The fourth-order valence-electron chi connectivity index (χ4n) is 4.24. The zero-order chi connectivity index (χ0) is 21.7. The first-order valence-corrected chi connectivity index (χ1v) is 10.00. The molecule has 0 saturated carbocycles. The highest BCUT2D eigenvalue weighted by Crippen LogP contribution is 2.42. The van der Waals surface area contributed by atoms with Gasteiger partial charge in [0, 0.05) is 44.8 Å². The van der Waals surface area contributed by atoms with E-state index in [-0.39, 0.29) is 29.3 Å². The first-order valence-electron chi connectivity index (χ1n) is 10.00. The number of aromatic nitrogens is 3. The van der Waals surface area contributed by atoms with Crippen LogP contribution < -0.4 is 20.0 Å². The number of ether oxygens (including phenoxy) is 1. The normalized spacial score (nSPS) is 18.2. The summed E-state index contributed by atoms with van der Waals surface area (Å²) in [7, 11) is 0. The minimum Gasteiger partial charge on any atom is -0.487 e. The molecule has 31 heavy (non-hydrogen) atoms. The molecule has 2 aliphatic rings. The Hall–Kier alpha value is -3.69. The van der Waals surface area contributed by atoms with E-state index in [9.17, 15) is 14.7 Å². The number of carbonyl (C=O) groups is 1. The van der Waals surface area contributed by atoms with Gasteiger partial charge in [-0.25, -0.2) is 19.2 Å². The molecule has 5 rings (SSSR count). The monoisotopic (exact) mass is 425 g/mol. The lowest BCUT2D eigenvalue weighted by molar-refractivity contribution is 0.0694. The van der Waals surface area contributed by atoms with Crippen LogP contribution in [0, 0.1) is 5.82 Å². The van der Waals surface area contributed by atoms with E-state index in [1.807, 2.05) is 16.7 Å². The second-order valence-corrected chi connectivity index (χ2v) is 7.70. The Morgan fingerprint density at radius 1 is 1.19 bits per heavy atom. The van der Waals surface area contributed by atoms with Crippen molar-refractivity contribution in [2.45, 2.75) is 13.0 Å². The summed E-state index contributed by atoms with van der Waals surface area (Å²) in [6.07, 6.45) is 4.69. The average molecular weight is 425 g/mol. The Morgan fingerprint density at radius 2 is 1.87 bits per heavy atom. The summed E-state index contributed by atoms with van der Waals surface area (Å²) in [6.45, 7) is 4.34. The van der Waals surface area contributed by atoms with Crippen molar-refractivity contribution in [3.63, 3.8) is 0 Å². The number of carboxylic acid groups (broad SMARTS) is 1. The smallest absolute Gasteiger partial charge is 0.341 e. The van der Waals surface area contributed by atoms with Gasteiger partial charge in [-0.2, -0.15) is 0 Å². The fraction of sp³-hybridized carbons (Fsp3) is 0.333. The molecule has 4 heterocycles. The maximum absolute atomic E-state index is 15.3. The number of anilines is 2. The van der Waals surface area contributed by atoms with Gasteiger partial charge in [-0.15, -0.1) is 0 Å². The molecule has 0 unspecified atom stereocenters. The third-order valence-electron chi connectivity index (χ3n) is 5.80. The van der Waals surface area contributed by atoms with Crippen molar-refractivity contribution < 1.29 is 19.0 Å². The van der Waals surface area contributed by atoms with Crippen LogP contribution in [-0.2, 0) is 0 Å². The van der Waals surface area contributed by atoms with Gasteiger partial charge in [0.25, 0.3) is 0 Å². The molecule has 0 amide bonds. The van der Waals surface area contributed by atoms with Crippen LogP contribution in [0.5, 0.6) is 5.75 Å². The molecule has 160 valence electrons. The summed E-state index contributed by atoms with van der Waals surface area (Å²) >= 11 is 0. The molecular formula is C21H20FN5O4. The second-order valence-electron chi connectivity index (χ2n) is 7.70. The third-order valence-corrected chi connectivity index (χ3v) is 5.80. The average Bonchev–Trinajstić information content (AvgIpc) is 2.78. The Labute approximate surface area is 176 Å². The Kier molecular flexibility index (Phi) is 4.49. The number of nitrogens with zero attached hydrogens (tertiary/aromatic N) is 5. The van der Waals surface area contributed by atoms with E-state index in [2.05, 4.69) is 9.97 Å². The van der Waals surface area contributed by atoms with Crippen LogP contribution in [0.3, 0.4) is 0 Å². The summed E-state index contributed by atoms with van der Waals surface area (Å²) in [5.41, 5.74) is -0.367. The summed E-state index contributed by atoms with van der Waals surface area (Å²) < 4.78 is 22.9. The van der Waals surface area contributed by atoms with Crippen molar-refractivity contribution in [2.24, 2.45) is 0 Å². The summed E-state index contributed by atoms with van der Waals surface area (Å²) in [4.78, 5) is 36.7. The molecule has 10 heteroatoms. The highest BCUT2D eigenvalue weighted by atomic mass is 19.1. The number of piperazine rings is 1. The van der Waals surface area contributed by atoms with Crippen LogP contribution in [0.4, 0.5) is 16.0 Å². The number of hydrogen-bond donors (Lipinski definition) is 1. The lowest BCUT2D eigenvalue weighted by Gasteiger charge is -2.38. The van der Waals surface area contributed by atoms with E-state index in [4.69, 9.17) is 4.74 Å². The van der Waals surface area contributed by atoms with E-state index in [0.717, 1.165) is 6.07 Å². The maximum Gasteiger partial charge on any atom is 0.341 e. The van der Waals surface area contributed by atoms with Crippen molar-refractivity contribution in [3.8, 4) is 5.75 Å². The van der Waals surface area contributed by atoms with Crippen molar-refractivity contribution in [3.05, 3.63) is 52.3 Å². The molecule has 0 radical (unpaired) electrons. The maximum atomic E-state index is 15.3. The van der Waals surface area contributed by atoms with Crippen molar-refractivity contribution in [1.29, 1.82) is 0 Å². The lowest BCUT2D eigenvalue weighted by Crippen LogP contribution is -2.47. The first-order chi connectivity index (χ1) is 15.0. The van der Waals surface area contributed by atoms with Crippen LogP contribution >= 0.6 is 0 Å². The second kappa shape index (κ2) is 7.22. The van der Waals surface area contributed by atoms with Crippen LogP contribution in [-0.4, -0.2) is 58.4 Å². The minimum atomic E-state index is -1.33. The zero-order valence-corrected chi connectivity index (χ0v) is 16.8. The number of carboxylic acids is 1. The molecule has 0 bridgehead atoms. The van der Waals surface area contributed by atoms with Crippen molar-refractivity contribution >= 4 is 28.5 Å². The van der Waals surface area contributed by atoms with Crippen LogP contribution in [0.15, 0.2) is 35.5 Å². The van der Waals surface area contributed by atoms with E-state index in [1.54, 1.807) is 23.0 Å². The number of pyridine rings is 1. The number of benzene rings is 1. The molecule has 2 aliphatic heterocycles. The molecule has 1 N–H and O–H groups in total. The van der Waals surface area contributed by atoms with E-state index in [0.29, 0.717) is 43.3 Å². The van der Waals surface area contributed by atoms with Gasteiger partial charge >= 0.3 is 5.97 Å². The highest BCUT2D eigenvalue weighted by molar-refractivity contribution is 5.97. The molecule has 0 aliphatic carbocycles. The lowest BCUT2D eigenvalue weighted by atomic mass is 10.1. The molecule has 2 aromatic heterocycles. The van der Waals surface area contributed by atoms with Gasteiger partial charge in [-0.1, -0.05) is 0 Å². The summed E-state index contributed by atoms with van der Waals surface area (Å²) in [5, 5.41) is 9.42. The van der Waals surface area contributed by atoms with Crippen LogP contribution in [0.1, 0.15) is 23.3 Å². The first kappa shape index (κ1) is 19.3. The summed E-state index contributed by atoms with van der Waals surface area (Å²) in [6, 6.07) is 2.69. The minimum absolute atomic E-state index is 0.0130. The Morgan fingerprint density at radius 3 is 2.55 bits per heavy atom. The molecule has 1 fully saturated rings. The highest BCUT2D eigenvalue weighted by Gasteiger charge is 2.31. The van der Waals surface area contributed by atoms with E-state index >= 15 is 4.39 Å². The number of halogens is 1. The van der Waals surface area contributed by atoms with Gasteiger partial charge in [0.2, 0.25) is 11.4 Å². The van der Waals surface area contributed by atoms with Gasteiger partial charge in [-0.3, -0.25) is 4.79 Å². The van der Waals surface area contributed by atoms with Gasteiger partial charge in [0.15, 0.2) is 11.6 Å². The van der Waals surface area contributed by atoms with Gasteiger partial charge in [0.1, 0.15) is 17.9 Å². The van der Waals surface area contributed by atoms with Crippen molar-refractivity contribution in [2.75, 3.05) is 42.6 Å². The number of hydrogen-bond acceptors (Lipinski definition) is 7. The van der Waals surface area contributed by atoms with Crippen LogP contribution in [0.25, 0.3) is 10.9 Å². The molecule has 3 aromatic rings. The SMILES string of the molecule is C[C@H]1COc2c(N3CCN(c4ncccn4)CC3)c(F)cc3c(=O)c(C(=O)O)cn1c23. The quantitative estimate of drug-likeness (QED) is 0.679. The predicted octanol–water partition coefficient (Wildman–Crippen LogP) is 1.91. The van der Waals surface area contributed by atoms with Gasteiger partial charge in [-0.05, 0) is 19.1 Å². The predicted molar refractivity (Wildman–Crippen MR) is 112 cm³/mol. The van der Waals surface area contributed by atoms with Crippen molar-refractivity contribution in [1.82, 2.24) is 14.5 Å². The number of aromatic carboxylic acids is 1. The standard InChI is InChI=1S/C21H20FN5O4/c1-12-11-31-19-16-13(18(28)14(20(29)30)10-27(12)16)9-15(22)17(19)25-5-7-26(8-6-25)21-23-3-2-4-24-21/h2-4,9-10,12H,5-8,11H2,1H3,(H,29,30)/t12-/m0/s1. The van der Waals surface area contributed by atoms with E-state index < -0.39 is 17.2 Å². The van der Waals surface area contributed by atoms with E-state index in [1.165, 1.54) is 6.20 Å².